The number of sulfone groups is 1. The summed E-state index contributed by atoms with van der Waals surface area (Å²) in [5.41, 5.74) is 0.497. The zero-order chi connectivity index (χ0) is 14.8. The van der Waals surface area contributed by atoms with Crippen LogP contribution in [0, 0.1) is 0 Å². The van der Waals surface area contributed by atoms with E-state index in [1.165, 1.54) is 12.1 Å². The zero-order valence-corrected chi connectivity index (χ0v) is 12.6. The minimum Gasteiger partial charge on any atom is -0.349 e. The van der Waals surface area contributed by atoms with Crippen molar-refractivity contribution in [1.29, 1.82) is 0 Å². The molecule has 1 amide bonds. The predicted octanol–water partition coefficient (Wildman–Crippen LogP) is 0.914. The summed E-state index contributed by atoms with van der Waals surface area (Å²) in [6.07, 6.45) is 3.05. The van der Waals surface area contributed by atoms with E-state index in [-0.39, 0.29) is 16.8 Å². The van der Waals surface area contributed by atoms with Crippen LogP contribution in [-0.4, -0.2) is 51.7 Å². The van der Waals surface area contributed by atoms with Gasteiger partial charge in [-0.25, -0.2) is 8.42 Å². The van der Waals surface area contributed by atoms with Crippen LogP contribution in [0.15, 0.2) is 29.2 Å². The summed E-state index contributed by atoms with van der Waals surface area (Å²) in [6.45, 7) is 1.97. The third-order valence-electron chi connectivity index (χ3n) is 3.60. The van der Waals surface area contributed by atoms with Gasteiger partial charge in [-0.3, -0.25) is 4.79 Å². The number of piperidine rings is 1. The smallest absolute Gasteiger partial charge is 0.251 e. The third kappa shape index (κ3) is 3.80. The molecule has 1 aliphatic rings. The first-order valence-corrected chi connectivity index (χ1v) is 8.55. The van der Waals surface area contributed by atoms with Gasteiger partial charge >= 0.3 is 0 Å². The number of nitrogens with one attached hydrogen (secondary N) is 1. The van der Waals surface area contributed by atoms with Gasteiger partial charge in [-0.2, -0.15) is 0 Å². The van der Waals surface area contributed by atoms with Gasteiger partial charge < -0.3 is 10.2 Å². The Hall–Kier alpha value is -1.40. The lowest BCUT2D eigenvalue weighted by Crippen LogP contribution is -2.43. The Balaban J connectivity index is 1.99. The van der Waals surface area contributed by atoms with Crippen molar-refractivity contribution in [2.75, 3.05) is 26.4 Å². The standard InChI is InChI=1S/C14H20N2O3S/c1-16-9-7-12(8-10-16)15-14(17)11-3-5-13(6-4-11)20(2,18)19/h3-6,12H,7-10H2,1-2H3,(H,15,17). The number of rotatable bonds is 3. The van der Waals surface area contributed by atoms with Gasteiger partial charge in [0.25, 0.3) is 5.91 Å². The number of likely N-dealkylation sites (tertiary alicyclic amines) is 1. The molecule has 0 aromatic heterocycles. The van der Waals surface area contributed by atoms with E-state index in [0.717, 1.165) is 32.2 Å². The number of hydrogen-bond donors (Lipinski definition) is 1. The Bertz CT molecular complexity index is 573. The van der Waals surface area contributed by atoms with Crippen molar-refractivity contribution in [2.24, 2.45) is 0 Å². The molecule has 0 bridgehead atoms. The van der Waals surface area contributed by atoms with Crippen LogP contribution in [0.5, 0.6) is 0 Å². The summed E-state index contributed by atoms with van der Waals surface area (Å²) >= 11 is 0. The quantitative estimate of drug-likeness (QED) is 0.900. The molecule has 0 saturated carbocycles. The molecule has 0 unspecified atom stereocenters. The Morgan fingerprint density at radius 1 is 1.20 bits per heavy atom. The number of amides is 1. The van der Waals surface area contributed by atoms with Crippen molar-refractivity contribution in [2.45, 2.75) is 23.8 Å². The topological polar surface area (TPSA) is 66.5 Å². The second-order valence-electron chi connectivity index (χ2n) is 5.35. The largest absolute Gasteiger partial charge is 0.349 e. The van der Waals surface area contributed by atoms with Crippen LogP contribution in [-0.2, 0) is 9.84 Å². The van der Waals surface area contributed by atoms with Crippen LogP contribution in [0.1, 0.15) is 23.2 Å². The summed E-state index contributed by atoms with van der Waals surface area (Å²) in [5, 5.41) is 3.00. The first-order chi connectivity index (χ1) is 9.36. The second kappa shape index (κ2) is 5.93. The molecule has 1 heterocycles. The number of nitrogens with zero attached hydrogens (tertiary/aromatic N) is 1. The van der Waals surface area contributed by atoms with Crippen molar-refractivity contribution in [3.8, 4) is 0 Å². The normalized spacial score (nSPS) is 17.9. The maximum absolute atomic E-state index is 12.1. The number of carbonyl (C=O) groups excluding carboxylic acids is 1. The zero-order valence-electron chi connectivity index (χ0n) is 11.8. The molecule has 1 aliphatic heterocycles. The van der Waals surface area contributed by atoms with Gasteiger partial charge in [0.1, 0.15) is 0 Å². The Morgan fingerprint density at radius 3 is 2.25 bits per heavy atom. The molecule has 6 heteroatoms. The van der Waals surface area contributed by atoms with Crippen LogP contribution >= 0.6 is 0 Å². The van der Waals surface area contributed by atoms with Crippen LogP contribution in [0.4, 0.5) is 0 Å². The number of benzene rings is 1. The Morgan fingerprint density at radius 2 is 1.75 bits per heavy atom. The molecule has 0 radical (unpaired) electrons. The highest BCUT2D eigenvalue weighted by molar-refractivity contribution is 7.90. The fraction of sp³-hybridized carbons (Fsp3) is 0.500. The fourth-order valence-electron chi connectivity index (χ4n) is 2.28. The molecule has 20 heavy (non-hydrogen) atoms. The van der Waals surface area contributed by atoms with E-state index in [9.17, 15) is 13.2 Å². The minimum atomic E-state index is -3.22. The van der Waals surface area contributed by atoms with Gasteiger partial charge in [-0.05, 0) is 57.2 Å². The Kier molecular flexibility index (Phi) is 4.45. The number of carbonyl (C=O) groups is 1. The first-order valence-electron chi connectivity index (χ1n) is 6.66. The molecule has 1 fully saturated rings. The molecule has 1 aromatic rings. The molecule has 1 saturated heterocycles. The first kappa shape index (κ1) is 15.0. The van der Waals surface area contributed by atoms with Crippen molar-refractivity contribution in [3.63, 3.8) is 0 Å². The monoisotopic (exact) mass is 296 g/mol. The third-order valence-corrected chi connectivity index (χ3v) is 4.73. The highest BCUT2D eigenvalue weighted by Crippen LogP contribution is 2.12. The van der Waals surface area contributed by atoms with Gasteiger partial charge in [0, 0.05) is 17.9 Å². The summed E-state index contributed by atoms with van der Waals surface area (Å²) in [7, 11) is -1.14. The van der Waals surface area contributed by atoms with E-state index >= 15 is 0 Å². The lowest BCUT2D eigenvalue weighted by Gasteiger charge is -2.29. The van der Waals surface area contributed by atoms with Crippen molar-refractivity contribution in [1.82, 2.24) is 10.2 Å². The van der Waals surface area contributed by atoms with Crippen molar-refractivity contribution in [3.05, 3.63) is 29.8 Å². The van der Waals surface area contributed by atoms with E-state index in [4.69, 9.17) is 0 Å². The van der Waals surface area contributed by atoms with Gasteiger partial charge in [-0.1, -0.05) is 0 Å². The molecule has 0 aliphatic carbocycles. The summed E-state index contributed by atoms with van der Waals surface area (Å²) in [5.74, 6) is -0.139. The lowest BCUT2D eigenvalue weighted by atomic mass is 10.0. The predicted molar refractivity (Wildman–Crippen MR) is 77.5 cm³/mol. The molecular formula is C14H20N2O3S. The fourth-order valence-corrected chi connectivity index (χ4v) is 2.91. The van der Waals surface area contributed by atoms with Crippen LogP contribution in [0.2, 0.25) is 0 Å². The van der Waals surface area contributed by atoms with E-state index < -0.39 is 9.84 Å². The summed E-state index contributed by atoms with van der Waals surface area (Å²) in [6, 6.07) is 6.26. The van der Waals surface area contributed by atoms with Crippen LogP contribution in [0.25, 0.3) is 0 Å². The van der Waals surface area contributed by atoms with E-state index in [0.29, 0.717) is 5.56 Å². The molecule has 1 aromatic carbocycles. The molecule has 0 spiro atoms. The van der Waals surface area contributed by atoms with Gasteiger partial charge in [0.2, 0.25) is 0 Å². The molecule has 110 valence electrons. The van der Waals surface area contributed by atoms with Crippen molar-refractivity contribution < 1.29 is 13.2 Å². The van der Waals surface area contributed by atoms with Gasteiger partial charge in [0.05, 0.1) is 4.90 Å². The van der Waals surface area contributed by atoms with Crippen molar-refractivity contribution >= 4 is 15.7 Å². The van der Waals surface area contributed by atoms with E-state index in [1.807, 2.05) is 0 Å². The SMILES string of the molecule is CN1CCC(NC(=O)c2ccc(S(C)(=O)=O)cc2)CC1. The van der Waals surface area contributed by atoms with E-state index in [2.05, 4.69) is 17.3 Å². The lowest BCUT2D eigenvalue weighted by molar-refractivity contribution is 0.0917. The minimum absolute atomic E-state index is 0.139. The van der Waals surface area contributed by atoms with E-state index in [1.54, 1.807) is 12.1 Å². The maximum atomic E-state index is 12.1. The molecule has 2 rings (SSSR count). The molecular weight excluding hydrogens is 276 g/mol. The van der Waals surface area contributed by atoms with Crippen LogP contribution in [0.3, 0.4) is 0 Å². The highest BCUT2D eigenvalue weighted by atomic mass is 32.2. The molecule has 0 atom stereocenters. The average Bonchev–Trinajstić information content (AvgIpc) is 2.40. The average molecular weight is 296 g/mol. The highest BCUT2D eigenvalue weighted by Gasteiger charge is 2.19. The maximum Gasteiger partial charge on any atom is 0.251 e. The second-order valence-corrected chi connectivity index (χ2v) is 7.36. The van der Waals surface area contributed by atoms with Gasteiger partial charge in [0.15, 0.2) is 9.84 Å². The number of hydrogen-bond acceptors (Lipinski definition) is 4. The Labute approximate surface area is 119 Å². The van der Waals surface area contributed by atoms with Gasteiger partial charge in [-0.15, -0.1) is 0 Å². The molecule has 5 nitrogen and oxygen atoms in total. The summed E-state index contributed by atoms with van der Waals surface area (Å²) < 4.78 is 22.7. The molecule has 1 N–H and O–H groups in total. The van der Waals surface area contributed by atoms with Crippen LogP contribution < -0.4 is 5.32 Å². The summed E-state index contributed by atoms with van der Waals surface area (Å²) in [4.78, 5) is 14.6.